The van der Waals surface area contributed by atoms with E-state index in [9.17, 15) is 5.11 Å². The van der Waals surface area contributed by atoms with E-state index in [1.807, 2.05) is 12.1 Å². The van der Waals surface area contributed by atoms with Crippen molar-refractivity contribution in [3.05, 3.63) is 47.7 Å². The zero-order chi connectivity index (χ0) is 12.3. The molecule has 0 saturated heterocycles. The lowest BCUT2D eigenvalue weighted by Gasteiger charge is -2.26. The molecule has 2 rings (SSSR count). The number of rotatable bonds is 3. The highest BCUT2D eigenvalue weighted by Gasteiger charge is 2.19. The molecule has 0 bridgehead atoms. The number of hydrogen-bond acceptors (Lipinski definition) is 2. The highest BCUT2D eigenvalue weighted by molar-refractivity contribution is 5.20. The summed E-state index contributed by atoms with van der Waals surface area (Å²) in [7, 11) is 0. The molecule has 2 N–H and O–H groups in total. The van der Waals surface area contributed by atoms with Crippen molar-refractivity contribution in [2.75, 3.05) is 0 Å². The molecular formula is C15H21NO. The molecule has 1 aromatic carbocycles. The van der Waals surface area contributed by atoms with Gasteiger partial charge in [0.05, 0.1) is 6.10 Å². The number of aliphatic hydroxyl groups excluding tert-OH is 1. The van der Waals surface area contributed by atoms with Crippen LogP contribution < -0.4 is 5.32 Å². The van der Waals surface area contributed by atoms with Crippen LogP contribution in [0.5, 0.6) is 0 Å². The average Bonchev–Trinajstić information content (AvgIpc) is 2.35. The smallest absolute Gasteiger partial charge is 0.0766 e. The monoisotopic (exact) mass is 231 g/mol. The van der Waals surface area contributed by atoms with E-state index in [0.717, 1.165) is 12.8 Å². The molecule has 0 aromatic heterocycles. The van der Waals surface area contributed by atoms with Crippen LogP contribution in [0, 0.1) is 5.92 Å². The molecular weight excluding hydrogens is 210 g/mol. The lowest BCUT2D eigenvalue weighted by molar-refractivity contribution is 0.146. The third-order valence-corrected chi connectivity index (χ3v) is 3.53. The van der Waals surface area contributed by atoms with E-state index in [1.54, 1.807) is 0 Å². The van der Waals surface area contributed by atoms with Gasteiger partial charge in [-0.2, -0.15) is 0 Å². The molecule has 0 radical (unpaired) electrons. The molecule has 2 nitrogen and oxygen atoms in total. The number of aliphatic hydroxyl groups is 1. The van der Waals surface area contributed by atoms with Gasteiger partial charge in [-0.3, -0.25) is 0 Å². The predicted molar refractivity (Wildman–Crippen MR) is 70.5 cm³/mol. The van der Waals surface area contributed by atoms with Crippen molar-refractivity contribution >= 4 is 0 Å². The van der Waals surface area contributed by atoms with Gasteiger partial charge >= 0.3 is 0 Å². The SMILES string of the molecule is C[C@H](NC1=CC(O)[C@H](C)CC1)c1ccccc1. The molecule has 1 aromatic rings. The lowest BCUT2D eigenvalue weighted by Crippen LogP contribution is -2.26. The van der Waals surface area contributed by atoms with Crippen molar-refractivity contribution < 1.29 is 5.11 Å². The summed E-state index contributed by atoms with van der Waals surface area (Å²) in [6.45, 7) is 4.25. The van der Waals surface area contributed by atoms with Gasteiger partial charge in [0, 0.05) is 11.7 Å². The summed E-state index contributed by atoms with van der Waals surface area (Å²) >= 11 is 0. The van der Waals surface area contributed by atoms with Crippen molar-refractivity contribution in [1.29, 1.82) is 0 Å². The third-order valence-electron chi connectivity index (χ3n) is 3.53. The largest absolute Gasteiger partial charge is 0.389 e. The average molecular weight is 231 g/mol. The van der Waals surface area contributed by atoms with Crippen LogP contribution in [0.2, 0.25) is 0 Å². The van der Waals surface area contributed by atoms with Crippen LogP contribution >= 0.6 is 0 Å². The maximum Gasteiger partial charge on any atom is 0.0766 e. The normalized spacial score (nSPS) is 26.2. The van der Waals surface area contributed by atoms with Crippen LogP contribution in [-0.4, -0.2) is 11.2 Å². The van der Waals surface area contributed by atoms with Crippen LogP contribution in [0.4, 0.5) is 0 Å². The van der Waals surface area contributed by atoms with Crippen LogP contribution in [-0.2, 0) is 0 Å². The van der Waals surface area contributed by atoms with E-state index < -0.39 is 0 Å². The topological polar surface area (TPSA) is 32.3 Å². The second-order valence-electron chi connectivity index (χ2n) is 4.98. The van der Waals surface area contributed by atoms with Crippen molar-refractivity contribution in [1.82, 2.24) is 5.32 Å². The van der Waals surface area contributed by atoms with Crippen molar-refractivity contribution in [3.8, 4) is 0 Å². The second kappa shape index (κ2) is 5.37. The minimum atomic E-state index is -0.297. The van der Waals surface area contributed by atoms with E-state index in [1.165, 1.54) is 11.3 Å². The number of nitrogens with one attached hydrogen (secondary N) is 1. The Morgan fingerprint density at radius 2 is 2.00 bits per heavy atom. The second-order valence-corrected chi connectivity index (χ2v) is 4.98. The van der Waals surface area contributed by atoms with Crippen LogP contribution in [0.3, 0.4) is 0 Å². The molecule has 92 valence electrons. The van der Waals surface area contributed by atoms with Crippen molar-refractivity contribution in [2.45, 2.75) is 38.8 Å². The summed E-state index contributed by atoms with van der Waals surface area (Å²) in [5, 5.41) is 13.3. The Labute approximate surface area is 103 Å². The number of hydrogen-bond donors (Lipinski definition) is 2. The predicted octanol–water partition coefficient (Wildman–Crippen LogP) is 3.01. The molecule has 0 spiro atoms. The summed E-state index contributed by atoms with van der Waals surface area (Å²) in [5.74, 6) is 0.382. The van der Waals surface area contributed by atoms with Crippen LogP contribution in [0.15, 0.2) is 42.1 Å². The van der Waals surface area contributed by atoms with Crippen molar-refractivity contribution in [3.63, 3.8) is 0 Å². The van der Waals surface area contributed by atoms with E-state index in [4.69, 9.17) is 0 Å². The Bertz CT molecular complexity index is 385. The van der Waals surface area contributed by atoms with Gasteiger partial charge in [-0.05, 0) is 37.3 Å². The fourth-order valence-corrected chi connectivity index (χ4v) is 2.23. The highest BCUT2D eigenvalue weighted by atomic mass is 16.3. The molecule has 2 heteroatoms. The molecule has 0 amide bonds. The molecule has 0 saturated carbocycles. The fourth-order valence-electron chi connectivity index (χ4n) is 2.23. The van der Waals surface area contributed by atoms with Gasteiger partial charge in [0.15, 0.2) is 0 Å². The van der Waals surface area contributed by atoms with Crippen molar-refractivity contribution in [2.24, 2.45) is 5.92 Å². The van der Waals surface area contributed by atoms with E-state index in [-0.39, 0.29) is 6.10 Å². The molecule has 3 atom stereocenters. The maximum atomic E-state index is 9.82. The standard InChI is InChI=1S/C15H21NO/c1-11-8-9-14(10-15(11)17)16-12(2)13-6-4-3-5-7-13/h3-7,10-12,15-17H,8-9H2,1-2H3/t11-,12+,15?/m1/s1. The zero-order valence-electron chi connectivity index (χ0n) is 10.6. The Kier molecular flexibility index (Phi) is 3.85. The van der Waals surface area contributed by atoms with E-state index >= 15 is 0 Å². The Morgan fingerprint density at radius 1 is 1.29 bits per heavy atom. The van der Waals surface area contributed by atoms with E-state index in [2.05, 4.69) is 43.4 Å². The summed E-state index contributed by atoms with van der Waals surface area (Å²) in [6, 6.07) is 10.7. The molecule has 1 aliphatic carbocycles. The Hall–Kier alpha value is -1.28. The fraction of sp³-hybridized carbons (Fsp3) is 0.467. The first-order valence-electron chi connectivity index (χ1n) is 6.37. The van der Waals surface area contributed by atoms with Crippen LogP contribution in [0.1, 0.15) is 38.3 Å². The lowest BCUT2D eigenvalue weighted by atomic mass is 9.91. The summed E-state index contributed by atoms with van der Waals surface area (Å²) in [6.07, 6.45) is 3.76. The third kappa shape index (κ3) is 3.10. The highest BCUT2D eigenvalue weighted by Crippen LogP contribution is 2.24. The summed E-state index contributed by atoms with van der Waals surface area (Å²) in [4.78, 5) is 0. The number of allylic oxidation sites excluding steroid dienone is 1. The first-order chi connectivity index (χ1) is 8.16. The zero-order valence-corrected chi connectivity index (χ0v) is 10.6. The van der Waals surface area contributed by atoms with Gasteiger partial charge in [-0.25, -0.2) is 0 Å². The molecule has 17 heavy (non-hydrogen) atoms. The minimum absolute atomic E-state index is 0.294. The molecule has 0 aliphatic heterocycles. The van der Waals surface area contributed by atoms with Gasteiger partial charge < -0.3 is 10.4 Å². The maximum absolute atomic E-state index is 9.82. The number of benzene rings is 1. The molecule has 0 fully saturated rings. The Balaban J connectivity index is 2.00. The summed E-state index contributed by atoms with van der Waals surface area (Å²) in [5.41, 5.74) is 2.45. The quantitative estimate of drug-likeness (QED) is 0.838. The Morgan fingerprint density at radius 3 is 2.65 bits per heavy atom. The molecule has 1 unspecified atom stereocenters. The van der Waals surface area contributed by atoms with Gasteiger partial charge in [0.2, 0.25) is 0 Å². The van der Waals surface area contributed by atoms with Gasteiger partial charge in [0.1, 0.15) is 0 Å². The minimum Gasteiger partial charge on any atom is -0.389 e. The molecule has 1 aliphatic rings. The first kappa shape index (κ1) is 12.2. The van der Waals surface area contributed by atoms with E-state index in [0.29, 0.717) is 12.0 Å². The van der Waals surface area contributed by atoms with Gasteiger partial charge in [0.25, 0.3) is 0 Å². The van der Waals surface area contributed by atoms with Gasteiger partial charge in [-0.1, -0.05) is 37.3 Å². The molecule has 0 heterocycles. The van der Waals surface area contributed by atoms with Crippen LogP contribution in [0.25, 0.3) is 0 Å². The summed E-state index contributed by atoms with van der Waals surface area (Å²) < 4.78 is 0. The van der Waals surface area contributed by atoms with Gasteiger partial charge in [-0.15, -0.1) is 0 Å². The first-order valence-corrected chi connectivity index (χ1v) is 6.37.